The molecule has 1 aromatic carbocycles. The van der Waals surface area contributed by atoms with Crippen molar-refractivity contribution < 1.29 is 13.9 Å². The Balaban J connectivity index is 1.41. The summed E-state index contributed by atoms with van der Waals surface area (Å²) in [7, 11) is 1.64. The highest BCUT2D eigenvalue weighted by atomic mass is 19.1. The molecule has 1 saturated heterocycles. The third-order valence-electron chi connectivity index (χ3n) is 7.20. The number of rotatable bonds is 7. The average molecular weight is 439 g/mol. The van der Waals surface area contributed by atoms with Gasteiger partial charge in [0.15, 0.2) is 0 Å². The lowest BCUT2D eigenvalue weighted by atomic mass is 9.71. The van der Waals surface area contributed by atoms with Gasteiger partial charge in [-0.15, -0.1) is 0 Å². The minimum atomic E-state index is -0.426. The molecular formula is C25H31FN4O2. The van der Waals surface area contributed by atoms with Crippen molar-refractivity contribution in [2.75, 3.05) is 19.0 Å². The van der Waals surface area contributed by atoms with Crippen LogP contribution in [0.3, 0.4) is 0 Å². The van der Waals surface area contributed by atoms with E-state index in [0.717, 1.165) is 36.5 Å². The van der Waals surface area contributed by atoms with E-state index in [1.165, 1.54) is 30.2 Å². The first-order valence-electron chi connectivity index (χ1n) is 11.6. The van der Waals surface area contributed by atoms with Gasteiger partial charge in [0.1, 0.15) is 5.82 Å². The van der Waals surface area contributed by atoms with E-state index in [4.69, 9.17) is 4.74 Å². The van der Waals surface area contributed by atoms with Gasteiger partial charge in [-0.1, -0.05) is 18.9 Å². The molecule has 3 atom stereocenters. The van der Waals surface area contributed by atoms with Gasteiger partial charge < -0.3 is 20.7 Å². The Morgan fingerprint density at radius 2 is 2.22 bits per heavy atom. The fourth-order valence-electron chi connectivity index (χ4n) is 5.10. The number of carbonyl (C=O) groups excluding carboxylic acids is 1. The van der Waals surface area contributed by atoms with Gasteiger partial charge >= 0.3 is 0 Å². The number of benzene rings is 1. The zero-order chi connectivity index (χ0) is 22.3. The van der Waals surface area contributed by atoms with Crippen LogP contribution < -0.4 is 16.0 Å². The molecule has 1 amide bonds. The number of ether oxygens (including phenoxy) is 1. The van der Waals surface area contributed by atoms with E-state index in [0.29, 0.717) is 13.0 Å². The van der Waals surface area contributed by atoms with Crippen molar-refractivity contribution in [3.05, 3.63) is 53.1 Å². The van der Waals surface area contributed by atoms with Crippen molar-refractivity contribution in [2.24, 2.45) is 10.9 Å². The first kappa shape index (κ1) is 21.3. The summed E-state index contributed by atoms with van der Waals surface area (Å²) >= 11 is 0. The molecule has 4 aliphatic rings. The van der Waals surface area contributed by atoms with Gasteiger partial charge in [-0.2, -0.15) is 0 Å². The van der Waals surface area contributed by atoms with Crippen LogP contribution in [0.1, 0.15) is 51.0 Å². The summed E-state index contributed by atoms with van der Waals surface area (Å²) in [5.74, 6) is 0.130. The number of anilines is 1. The van der Waals surface area contributed by atoms with Crippen LogP contribution in [0, 0.1) is 11.7 Å². The average Bonchev–Trinajstić information content (AvgIpc) is 3.50. The molecule has 32 heavy (non-hydrogen) atoms. The van der Waals surface area contributed by atoms with Crippen LogP contribution in [0.5, 0.6) is 0 Å². The molecule has 2 fully saturated rings. The van der Waals surface area contributed by atoms with Gasteiger partial charge in [-0.05, 0) is 55.9 Å². The van der Waals surface area contributed by atoms with Crippen molar-refractivity contribution >= 4 is 17.3 Å². The maximum absolute atomic E-state index is 14.7. The van der Waals surface area contributed by atoms with E-state index in [2.05, 4.69) is 27.0 Å². The van der Waals surface area contributed by atoms with E-state index in [1.54, 1.807) is 13.2 Å². The molecule has 6 nitrogen and oxygen atoms in total. The number of aliphatic imine (C=N–C) groups is 1. The molecule has 1 saturated carbocycles. The van der Waals surface area contributed by atoms with Crippen LogP contribution in [0.4, 0.5) is 10.1 Å². The molecular weight excluding hydrogens is 407 g/mol. The van der Waals surface area contributed by atoms with Gasteiger partial charge in [0, 0.05) is 43.3 Å². The molecule has 7 heteroatoms. The Hall–Kier alpha value is -2.51. The molecule has 3 aliphatic heterocycles. The zero-order valence-corrected chi connectivity index (χ0v) is 18.7. The second-order valence-electron chi connectivity index (χ2n) is 9.50. The predicted octanol–water partition coefficient (Wildman–Crippen LogP) is 3.76. The first-order chi connectivity index (χ1) is 15.5. The summed E-state index contributed by atoms with van der Waals surface area (Å²) in [6.07, 6.45) is 10.00. The second-order valence-corrected chi connectivity index (χ2v) is 9.50. The van der Waals surface area contributed by atoms with E-state index in [9.17, 15) is 9.18 Å². The highest BCUT2D eigenvalue weighted by molar-refractivity contribution is 5.95. The fourth-order valence-corrected chi connectivity index (χ4v) is 5.10. The lowest BCUT2D eigenvalue weighted by Crippen LogP contribution is -2.53. The Morgan fingerprint density at radius 3 is 2.97 bits per heavy atom. The Kier molecular flexibility index (Phi) is 5.63. The predicted molar refractivity (Wildman–Crippen MR) is 123 cm³/mol. The monoisotopic (exact) mass is 438 g/mol. The first-order valence-corrected chi connectivity index (χ1v) is 11.6. The molecule has 1 unspecified atom stereocenters. The number of allylic oxidation sites excluding steroid dienone is 1. The number of nitrogens with one attached hydrogen (secondary N) is 3. The maximum atomic E-state index is 14.7. The summed E-state index contributed by atoms with van der Waals surface area (Å²) in [4.78, 5) is 17.2. The number of carbonyl (C=O) groups is 1. The lowest BCUT2D eigenvalue weighted by Gasteiger charge is -2.48. The van der Waals surface area contributed by atoms with Crippen molar-refractivity contribution in [3.63, 3.8) is 0 Å². The minimum absolute atomic E-state index is 0.00450. The molecule has 5 rings (SSSR count). The molecule has 3 N–H and O–H groups in total. The van der Waals surface area contributed by atoms with E-state index in [-0.39, 0.29) is 29.3 Å². The van der Waals surface area contributed by atoms with E-state index in [1.807, 2.05) is 19.2 Å². The fraction of sp³-hybridized carbons (Fsp3) is 0.520. The third kappa shape index (κ3) is 3.99. The van der Waals surface area contributed by atoms with Gasteiger partial charge in [-0.3, -0.25) is 9.79 Å². The molecule has 0 spiro atoms. The Bertz CT molecular complexity index is 1010. The summed E-state index contributed by atoms with van der Waals surface area (Å²) in [5, 5.41) is 9.68. The van der Waals surface area contributed by atoms with E-state index < -0.39 is 5.82 Å². The molecule has 0 radical (unpaired) electrons. The number of methoxy groups -OCH3 is 1. The number of halogens is 1. The lowest BCUT2D eigenvalue weighted by molar-refractivity contribution is -0.118. The Labute approximate surface area is 188 Å². The maximum Gasteiger partial charge on any atom is 0.241 e. The smallest absolute Gasteiger partial charge is 0.241 e. The molecule has 0 bridgehead atoms. The van der Waals surface area contributed by atoms with Crippen LogP contribution in [0.25, 0.3) is 0 Å². The van der Waals surface area contributed by atoms with Crippen LogP contribution in [0.2, 0.25) is 0 Å². The molecule has 3 heterocycles. The molecule has 170 valence electrons. The van der Waals surface area contributed by atoms with Crippen LogP contribution in [0.15, 0.2) is 46.7 Å². The molecule has 1 aliphatic carbocycles. The number of hydrogen-bond acceptors (Lipinski definition) is 5. The van der Waals surface area contributed by atoms with Gasteiger partial charge in [-0.25, -0.2) is 4.39 Å². The molecule has 1 aromatic rings. The highest BCUT2D eigenvalue weighted by Crippen LogP contribution is 2.49. The topological polar surface area (TPSA) is 74.8 Å². The van der Waals surface area contributed by atoms with E-state index >= 15 is 0 Å². The summed E-state index contributed by atoms with van der Waals surface area (Å²) in [5.41, 5.74) is 4.32. The quantitative estimate of drug-likeness (QED) is 0.606. The zero-order valence-electron chi connectivity index (χ0n) is 18.7. The van der Waals surface area contributed by atoms with Crippen molar-refractivity contribution in [1.82, 2.24) is 10.6 Å². The minimum Gasteiger partial charge on any atom is -0.380 e. The van der Waals surface area contributed by atoms with Crippen LogP contribution in [-0.4, -0.2) is 37.4 Å². The van der Waals surface area contributed by atoms with Crippen LogP contribution in [-0.2, 0) is 15.1 Å². The van der Waals surface area contributed by atoms with Gasteiger partial charge in [0.05, 0.1) is 23.4 Å². The summed E-state index contributed by atoms with van der Waals surface area (Å²) < 4.78 is 20.0. The van der Waals surface area contributed by atoms with Gasteiger partial charge in [0.25, 0.3) is 0 Å². The normalized spacial score (nSPS) is 29.0. The largest absolute Gasteiger partial charge is 0.380 e. The van der Waals surface area contributed by atoms with Crippen molar-refractivity contribution in [3.8, 4) is 0 Å². The summed E-state index contributed by atoms with van der Waals surface area (Å²) in [6.45, 7) is 2.65. The van der Waals surface area contributed by atoms with Crippen LogP contribution >= 0.6 is 0 Å². The van der Waals surface area contributed by atoms with Gasteiger partial charge in [0.2, 0.25) is 5.91 Å². The number of hydrogen-bond donors (Lipinski definition) is 3. The second kappa shape index (κ2) is 8.45. The standard InChI is InChI=1S/C25H31FN4O2/c1-15-11-21-19(8-10-27-15)25(30-21,9-7-16-3-4-16)17-5-6-20(26)22(12-17)29-24(31)23-13-18(32-2)14-28-23/h5-6,8,10,12,16,18,23,28,30H,3-4,7,9,11,13-14H2,1-2H3,(H,29,31)/t18-,23-,25?/m1/s1. The highest BCUT2D eigenvalue weighted by Gasteiger charge is 2.46. The SMILES string of the molecule is CO[C@H]1CN[C@@H](C(=O)Nc2cc(C3(CCC4CC4)NC4=C3C=CN=C(C)C4)ccc2F)C1. The summed E-state index contributed by atoms with van der Waals surface area (Å²) in [6, 6.07) is 4.72. The number of amides is 1. The third-order valence-corrected chi connectivity index (χ3v) is 7.20. The molecule has 0 aromatic heterocycles. The number of nitrogens with zero attached hydrogens (tertiary/aromatic N) is 1. The van der Waals surface area contributed by atoms with Crippen molar-refractivity contribution in [2.45, 2.75) is 63.1 Å². The van der Waals surface area contributed by atoms with Crippen molar-refractivity contribution in [1.29, 1.82) is 0 Å². The Morgan fingerprint density at radius 1 is 1.38 bits per heavy atom.